The fourth-order valence-corrected chi connectivity index (χ4v) is 2.45. The molecule has 2 N–H and O–H groups in total. The average Bonchev–Trinajstić information content (AvgIpc) is 2.36. The summed E-state index contributed by atoms with van der Waals surface area (Å²) in [5, 5.41) is 0. The summed E-state index contributed by atoms with van der Waals surface area (Å²) in [5.41, 5.74) is 6.54. The second kappa shape index (κ2) is 5.56. The molecule has 1 heterocycles. The molecule has 0 amide bonds. The summed E-state index contributed by atoms with van der Waals surface area (Å²) < 4.78 is 26.1. The Bertz CT molecular complexity index is 376. The third-order valence-electron chi connectivity index (χ3n) is 3.38. The number of hydrogen-bond acceptors (Lipinski definition) is 2. The van der Waals surface area contributed by atoms with Gasteiger partial charge in [0.1, 0.15) is 0 Å². The van der Waals surface area contributed by atoms with Crippen LogP contribution in [0.1, 0.15) is 30.9 Å². The third-order valence-corrected chi connectivity index (χ3v) is 3.38. The lowest BCUT2D eigenvalue weighted by atomic mass is 10.0. The topological polar surface area (TPSA) is 29.3 Å². The molecule has 0 spiro atoms. The highest BCUT2D eigenvalue weighted by atomic mass is 19.2. The van der Waals surface area contributed by atoms with Gasteiger partial charge in [0.05, 0.1) is 0 Å². The lowest BCUT2D eigenvalue weighted by Gasteiger charge is -2.34. The molecule has 1 saturated heterocycles. The van der Waals surface area contributed by atoms with Gasteiger partial charge in [0, 0.05) is 12.6 Å². The highest BCUT2D eigenvalue weighted by molar-refractivity contribution is 5.22. The van der Waals surface area contributed by atoms with Crippen molar-refractivity contribution in [3.8, 4) is 0 Å². The number of nitrogens with zero attached hydrogens (tertiary/aromatic N) is 1. The lowest BCUT2D eigenvalue weighted by molar-refractivity contribution is 0.167. The monoisotopic (exact) mass is 240 g/mol. The summed E-state index contributed by atoms with van der Waals surface area (Å²) >= 11 is 0. The summed E-state index contributed by atoms with van der Waals surface area (Å²) in [7, 11) is 0. The molecule has 94 valence electrons. The van der Waals surface area contributed by atoms with Crippen LogP contribution >= 0.6 is 0 Å². The van der Waals surface area contributed by atoms with Gasteiger partial charge in [-0.05, 0) is 43.6 Å². The highest BCUT2D eigenvalue weighted by Crippen LogP contribution is 2.24. The second-order valence-electron chi connectivity index (χ2n) is 4.52. The Morgan fingerprint density at radius 3 is 2.41 bits per heavy atom. The molecule has 0 saturated carbocycles. The van der Waals surface area contributed by atoms with Gasteiger partial charge in [0.2, 0.25) is 0 Å². The second-order valence-corrected chi connectivity index (χ2v) is 4.52. The van der Waals surface area contributed by atoms with E-state index < -0.39 is 11.6 Å². The summed E-state index contributed by atoms with van der Waals surface area (Å²) in [6.45, 7) is 2.41. The van der Waals surface area contributed by atoms with E-state index in [0.29, 0.717) is 6.54 Å². The molecular formula is C13H18F2N2. The smallest absolute Gasteiger partial charge is 0.159 e. The van der Waals surface area contributed by atoms with Gasteiger partial charge >= 0.3 is 0 Å². The van der Waals surface area contributed by atoms with Gasteiger partial charge in [-0.25, -0.2) is 8.78 Å². The standard InChI is InChI=1S/C13H18F2N2/c14-11-5-4-10(8-12(11)15)13(9-16)17-6-2-1-3-7-17/h4-5,8,13H,1-3,6-7,9,16H2. The van der Waals surface area contributed by atoms with E-state index in [2.05, 4.69) is 4.90 Å². The van der Waals surface area contributed by atoms with E-state index in [1.807, 2.05) is 0 Å². The summed E-state index contributed by atoms with van der Waals surface area (Å²) in [6, 6.07) is 4.08. The molecule has 1 aliphatic rings. The van der Waals surface area contributed by atoms with Gasteiger partial charge in [0.25, 0.3) is 0 Å². The zero-order valence-corrected chi connectivity index (χ0v) is 9.83. The van der Waals surface area contributed by atoms with Crippen LogP contribution in [-0.2, 0) is 0 Å². The largest absolute Gasteiger partial charge is 0.329 e. The average molecular weight is 240 g/mol. The first kappa shape index (κ1) is 12.5. The molecular weight excluding hydrogens is 222 g/mol. The van der Waals surface area contributed by atoms with Gasteiger partial charge < -0.3 is 5.73 Å². The minimum Gasteiger partial charge on any atom is -0.329 e. The number of hydrogen-bond donors (Lipinski definition) is 1. The molecule has 1 unspecified atom stereocenters. The zero-order chi connectivity index (χ0) is 12.3. The Morgan fingerprint density at radius 1 is 1.12 bits per heavy atom. The first-order chi connectivity index (χ1) is 8.22. The van der Waals surface area contributed by atoms with Gasteiger partial charge in [-0.15, -0.1) is 0 Å². The number of nitrogens with two attached hydrogens (primary N) is 1. The number of rotatable bonds is 3. The van der Waals surface area contributed by atoms with E-state index in [-0.39, 0.29) is 6.04 Å². The SMILES string of the molecule is NCC(c1ccc(F)c(F)c1)N1CCCCC1. The van der Waals surface area contributed by atoms with Crippen molar-refractivity contribution in [2.45, 2.75) is 25.3 Å². The van der Waals surface area contributed by atoms with Crippen molar-refractivity contribution in [3.63, 3.8) is 0 Å². The molecule has 0 aliphatic carbocycles. The molecule has 2 nitrogen and oxygen atoms in total. The van der Waals surface area contributed by atoms with E-state index >= 15 is 0 Å². The van der Waals surface area contributed by atoms with Crippen molar-refractivity contribution < 1.29 is 8.78 Å². The van der Waals surface area contributed by atoms with Crippen LogP contribution in [0.3, 0.4) is 0 Å². The van der Waals surface area contributed by atoms with Gasteiger partial charge in [-0.3, -0.25) is 4.90 Å². The van der Waals surface area contributed by atoms with Crippen LogP contribution in [0.2, 0.25) is 0 Å². The molecule has 1 aromatic rings. The first-order valence-electron chi connectivity index (χ1n) is 6.11. The van der Waals surface area contributed by atoms with E-state index in [1.165, 1.54) is 18.6 Å². The maximum absolute atomic E-state index is 13.2. The normalized spacial score (nSPS) is 19.2. The molecule has 0 aromatic heterocycles. The van der Waals surface area contributed by atoms with E-state index in [4.69, 9.17) is 5.73 Å². The van der Waals surface area contributed by atoms with Crippen molar-refractivity contribution in [2.75, 3.05) is 19.6 Å². The van der Waals surface area contributed by atoms with E-state index in [1.54, 1.807) is 6.07 Å². The van der Waals surface area contributed by atoms with Crippen molar-refractivity contribution in [2.24, 2.45) is 5.73 Å². The Balaban J connectivity index is 2.18. The van der Waals surface area contributed by atoms with Crippen LogP contribution in [0.15, 0.2) is 18.2 Å². The van der Waals surface area contributed by atoms with Crippen LogP contribution < -0.4 is 5.73 Å². The molecule has 17 heavy (non-hydrogen) atoms. The Hall–Kier alpha value is -1.00. The number of halogens is 2. The summed E-state index contributed by atoms with van der Waals surface area (Å²) in [5.74, 6) is -1.60. The number of likely N-dealkylation sites (tertiary alicyclic amines) is 1. The van der Waals surface area contributed by atoms with Crippen molar-refractivity contribution in [1.29, 1.82) is 0 Å². The van der Waals surface area contributed by atoms with Crippen LogP contribution in [0.25, 0.3) is 0 Å². The maximum atomic E-state index is 13.2. The van der Waals surface area contributed by atoms with Crippen LogP contribution in [-0.4, -0.2) is 24.5 Å². The Morgan fingerprint density at radius 2 is 1.82 bits per heavy atom. The van der Waals surface area contributed by atoms with Crippen molar-refractivity contribution in [3.05, 3.63) is 35.4 Å². The predicted molar refractivity (Wildman–Crippen MR) is 63.6 cm³/mol. The van der Waals surface area contributed by atoms with Crippen LogP contribution in [0.4, 0.5) is 8.78 Å². The summed E-state index contributed by atoms with van der Waals surface area (Å²) in [4.78, 5) is 2.26. The molecule has 1 fully saturated rings. The number of benzene rings is 1. The molecule has 4 heteroatoms. The van der Waals surface area contributed by atoms with Crippen molar-refractivity contribution in [1.82, 2.24) is 4.90 Å². The van der Waals surface area contributed by atoms with E-state index in [9.17, 15) is 8.78 Å². The lowest BCUT2D eigenvalue weighted by Crippen LogP contribution is -2.37. The van der Waals surface area contributed by atoms with Crippen molar-refractivity contribution >= 4 is 0 Å². The van der Waals surface area contributed by atoms with Gasteiger partial charge in [-0.1, -0.05) is 12.5 Å². The van der Waals surface area contributed by atoms with Gasteiger partial charge in [-0.2, -0.15) is 0 Å². The molecule has 2 rings (SSSR count). The summed E-state index contributed by atoms with van der Waals surface area (Å²) in [6.07, 6.45) is 3.55. The fraction of sp³-hybridized carbons (Fsp3) is 0.538. The molecule has 1 aromatic carbocycles. The maximum Gasteiger partial charge on any atom is 0.159 e. The zero-order valence-electron chi connectivity index (χ0n) is 9.83. The third kappa shape index (κ3) is 2.82. The number of piperidine rings is 1. The van der Waals surface area contributed by atoms with Crippen LogP contribution in [0, 0.1) is 11.6 Å². The first-order valence-corrected chi connectivity index (χ1v) is 6.11. The molecule has 0 radical (unpaired) electrons. The minimum absolute atomic E-state index is 0.00500. The highest BCUT2D eigenvalue weighted by Gasteiger charge is 2.21. The van der Waals surface area contributed by atoms with E-state index in [0.717, 1.165) is 31.5 Å². The molecule has 1 aliphatic heterocycles. The fourth-order valence-electron chi connectivity index (χ4n) is 2.45. The van der Waals surface area contributed by atoms with Crippen LogP contribution in [0.5, 0.6) is 0 Å². The Kier molecular flexibility index (Phi) is 4.07. The molecule has 0 bridgehead atoms. The minimum atomic E-state index is -0.803. The predicted octanol–water partition coefficient (Wildman–Crippen LogP) is 2.45. The van der Waals surface area contributed by atoms with Gasteiger partial charge in [0.15, 0.2) is 11.6 Å². The Labute approximate surface area is 100 Å². The molecule has 1 atom stereocenters. The quantitative estimate of drug-likeness (QED) is 0.879.